The van der Waals surface area contributed by atoms with E-state index >= 15 is 0 Å². The normalized spacial score (nSPS) is 25.3. The van der Waals surface area contributed by atoms with Crippen LogP contribution in [0.25, 0.3) is 0 Å². The fourth-order valence-electron chi connectivity index (χ4n) is 1.69. The molecule has 2 atom stereocenters. The van der Waals surface area contributed by atoms with Crippen molar-refractivity contribution in [1.29, 1.82) is 0 Å². The Morgan fingerprint density at radius 2 is 2.25 bits per heavy atom. The van der Waals surface area contributed by atoms with Gasteiger partial charge in [0, 0.05) is 12.6 Å². The number of sulfone groups is 1. The molecule has 0 bridgehead atoms. The third-order valence-corrected chi connectivity index (χ3v) is 4.75. The third-order valence-electron chi connectivity index (χ3n) is 2.51. The molecule has 2 N–H and O–H groups in total. The van der Waals surface area contributed by atoms with E-state index in [0.29, 0.717) is 6.42 Å². The highest BCUT2D eigenvalue weighted by Crippen LogP contribution is 2.19. The van der Waals surface area contributed by atoms with Crippen LogP contribution >= 0.6 is 24.8 Å². The van der Waals surface area contributed by atoms with Crippen LogP contribution in [0, 0.1) is 0 Å². The minimum atomic E-state index is -3.00. The van der Waals surface area contributed by atoms with Crippen LogP contribution in [-0.4, -0.2) is 64.7 Å². The Bertz CT molecular complexity index is 356. The van der Waals surface area contributed by atoms with Crippen LogP contribution in [0.1, 0.15) is 6.42 Å². The van der Waals surface area contributed by atoms with Gasteiger partial charge >= 0.3 is 0 Å². The first-order valence-corrected chi connectivity index (χ1v) is 7.52. The maximum atomic E-state index is 11.3. The number of hydrogen-bond acceptors (Lipinski definition) is 5. The molecule has 0 aromatic carbocycles. The van der Waals surface area contributed by atoms with Gasteiger partial charge in [-0.1, -0.05) is 12.2 Å². The monoisotopic (exact) mass is 285 g/mol. The van der Waals surface area contributed by atoms with Crippen molar-refractivity contribution >= 4 is 39.0 Å². The Kier molecular flexibility index (Phi) is 4.99. The van der Waals surface area contributed by atoms with Gasteiger partial charge in [-0.05, 0) is 6.42 Å². The summed E-state index contributed by atoms with van der Waals surface area (Å²) in [5, 5.41) is 18.1. The van der Waals surface area contributed by atoms with E-state index in [1.807, 2.05) is 0 Å². The fourth-order valence-corrected chi connectivity index (χ4v) is 3.89. The molecule has 0 aromatic heterocycles. The fraction of sp³-hybridized carbons (Fsp3) is 0.875. The van der Waals surface area contributed by atoms with Gasteiger partial charge in [0.05, 0.1) is 24.2 Å². The summed E-state index contributed by atoms with van der Waals surface area (Å²) in [6.07, 6.45) is -0.449. The predicted octanol–water partition coefficient (Wildman–Crippen LogP) is -0.957. The van der Waals surface area contributed by atoms with E-state index in [-0.39, 0.29) is 35.0 Å². The maximum absolute atomic E-state index is 11.3. The molecule has 0 radical (unpaired) electrons. The van der Waals surface area contributed by atoms with Gasteiger partial charge in [-0.2, -0.15) is 0 Å². The quantitative estimate of drug-likeness (QED) is 0.456. The van der Waals surface area contributed by atoms with Gasteiger partial charge in [-0.25, -0.2) is 8.42 Å². The molecule has 1 aliphatic rings. The number of nitrogens with zero attached hydrogens (tertiary/aromatic N) is 1. The molecule has 0 unspecified atom stereocenters. The van der Waals surface area contributed by atoms with Crippen molar-refractivity contribution in [3.8, 4) is 0 Å². The van der Waals surface area contributed by atoms with Gasteiger partial charge < -0.3 is 15.1 Å². The van der Waals surface area contributed by atoms with Crippen LogP contribution in [-0.2, 0) is 9.84 Å². The highest BCUT2D eigenvalue weighted by molar-refractivity contribution is 8.10. The maximum Gasteiger partial charge on any atom is 0.152 e. The van der Waals surface area contributed by atoms with Crippen molar-refractivity contribution in [3.05, 3.63) is 0 Å². The van der Waals surface area contributed by atoms with Crippen molar-refractivity contribution in [1.82, 2.24) is 4.90 Å². The number of thiol groups is 1. The molecule has 16 heavy (non-hydrogen) atoms. The summed E-state index contributed by atoms with van der Waals surface area (Å²) in [5.74, 6) is 0.172. The summed E-state index contributed by atoms with van der Waals surface area (Å²) in [5.41, 5.74) is 0. The number of rotatable bonds is 4. The summed E-state index contributed by atoms with van der Waals surface area (Å²) < 4.78 is 22.9. The van der Waals surface area contributed by atoms with E-state index < -0.39 is 15.9 Å². The van der Waals surface area contributed by atoms with E-state index in [9.17, 15) is 13.5 Å². The van der Waals surface area contributed by atoms with E-state index in [2.05, 4.69) is 12.6 Å². The van der Waals surface area contributed by atoms with Crippen LogP contribution in [0.15, 0.2) is 0 Å². The van der Waals surface area contributed by atoms with Crippen molar-refractivity contribution in [2.45, 2.75) is 18.6 Å². The molecule has 0 aliphatic carbocycles. The summed E-state index contributed by atoms with van der Waals surface area (Å²) in [6, 6.07) is -0.240. The standard InChI is InChI=1S/C8H15NO4S3/c10-4-7(11)3-9(8(14)15)6-1-2-16(12,13)5-6/h6-7,10-11H,1-5H2,(H,14,15)/t6-,7+/m0/s1. The van der Waals surface area contributed by atoms with E-state index in [0.717, 1.165) is 0 Å². The molecular formula is C8H15NO4S3. The number of aliphatic hydroxyl groups excluding tert-OH is 2. The molecule has 5 nitrogen and oxygen atoms in total. The van der Waals surface area contributed by atoms with Gasteiger partial charge in [0.25, 0.3) is 0 Å². The van der Waals surface area contributed by atoms with Gasteiger partial charge in [0.15, 0.2) is 9.84 Å². The molecule has 0 saturated carbocycles. The van der Waals surface area contributed by atoms with Crippen LogP contribution < -0.4 is 0 Å². The summed E-state index contributed by atoms with van der Waals surface area (Å²) in [6.45, 7) is -0.272. The van der Waals surface area contributed by atoms with E-state index in [1.54, 1.807) is 4.90 Å². The second kappa shape index (κ2) is 5.63. The first kappa shape index (κ1) is 14.2. The summed E-state index contributed by atoms with van der Waals surface area (Å²) in [7, 11) is -3.00. The molecular weight excluding hydrogens is 270 g/mol. The molecule has 1 fully saturated rings. The number of thiocarbonyl (C=S) groups is 1. The predicted molar refractivity (Wildman–Crippen MR) is 68.4 cm³/mol. The zero-order valence-electron chi connectivity index (χ0n) is 8.61. The van der Waals surface area contributed by atoms with Crippen molar-refractivity contribution in [2.75, 3.05) is 24.7 Å². The van der Waals surface area contributed by atoms with Gasteiger partial charge in [-0.3, -0.25) is 0 Å². The molecule has 0 spiro atoms. The summed E-state index contributed by atoms with van der Waals surface area (Å²) in [4.78, 5) is 1.56. The Morgan fingerprint density at radius 3 is 2.62 bits per heavy atom. The second-order valence-corrected chi connectivity index (χ2v) is 7.17. The highest BCUT2D eigenvalue weighted by Gasteiger charge is 2.33. The van der Waals surface area contributed by atoms with Crippen LogP contribution in [0.3, 0.4) is 0 Å². The topological polar surface area (TPSA) is 77.8 Å². The molecule has 8 heteroatoms. The zero-order chi connectivity index (χ0) is 12.3. The van der Waals surface area contributed by atoms with Crippen LogP contribution in [0.5, 0.6) is 0 Å². The van der Waals surface area contributed by atoms with Gasteiger partial charge in [0.1, 0.15) is 4.32 Å². The minimum Gasteiger partial charge on any atom is -0.394 e. The smallest absolute Gasteiger partial charge is 0.152 e. The molecule has 1 aliphatic heterocycles. The van der Waals surface area contributed by atoms with Gasteiger partial charge in [0.2, 0.25) is 0 Å². The molecule has 1 heterocycles. The van der Waals surface area contributed by atoms with Crippen LogP contribution in [0.4, 0.5) is 0 Å². The molecule has 0 amide bonds. The molecule has 1 rings (SSSR count). The lowest BCUT2D eigenvalue weighted by Crippen LogP contribution is -2.43. The van der Waals surface area contributed by atoms with E-state index in [1.165, 1.54) is 0 Å². The third kappa shape index (κ3) is 3.85. The Labute approximate surface area is 106 Å². The number of hydrogen-bond donors (Lipinski definition) is 3. The minimum absolute atomic E-state index is 0.0336. The number of aliphatic hydroxyl groups is 2. The molecule has 0 aromatic rings. The van der Waals surface area contributed by atoms with Crippen LogP contribution in [0.2, 0.25) is 0 Å². The Morgan fingerprint density at radius 1 is 1.62 bits per heavy atom. The molecule has 1 saturated heterocycles. The highest BCUT2D eigenvalue weighted by atomic mass is 32.2. The lowest BCUT2D eigenvalue weighted by Gasteiger charge is -2.30. The van der Waals surface area contributed by atoms with Crippen molar-refractivity contribution in [3.63, 3.8) is 0 Å². The zero-order valence-corrected chi connectivity index (χ0v) is 11.1. The first-order valence-electron chi connectivity index (χ1n) is 4.84. The van der Waals surface area contributed by atoms with E-state index in [4.69, 9.17) is 17.3 Å². The van der Waals surface area contributed by atoms with Gasteiger partial charge in [-0.15, -0.1) is 12.6 Å². The lowest BCUT2D eigenvalue weighted by atomic mass is 10.2. The summed E-state index contributed by atoms with van der Waals surface area (Å²) >= 11 is 8.91. The average molecular weight is 285 g/mol. The van der Waals surface area contributed by atoms with Crippen molar-refractivity contribution in [2.24, 2.45) is 0 Å². The first-order chi connectivity index (χ1) is 7.35. The average Bonchev–Trinajstić information content (AvgIpc) is 2.54. The SMILES string of the molecule is O=S1(=O)CC[C@H](N(C[C@@H](O)CO)C(=S)S)C1. The van der Waals surface area contributed by atoms with Crippen molar-refractivity contribution < 1.29 is 18.6 Å². The lowest BCUT2D eigenvalue weighted by molar-refractivity contribution is 0.0713. The largest absolute Gasteiger partial charge is 0.394 e. The molecule has 94 valence electrons. The Balaban J connectivity index is 2.68. The Hall–Kier alpha value is 0.110. The second-order valence-electron chi connectivity index (χ2n) is 3.83.